The lowest BCUT2D eigenvalue weighted by molar-refractivity contribution is 0.292. The maximum Gasteiger partial charge on any atom is 0.242 e. The van der Waals surface area contributed by atoms with Crippen LogP contribution in [0, 0.1) is 19.3 Å². The minimum atomic E-state index is -3.44. The molecule has 0 atom stereocenters. The second-order valence-corrected chi connectivity index (χ2v) is 7.92. The summed E-state index contributed by atoms with van der Waals surface area (Å²) in [6.45, 7) is 8.64. The number of nitrogens with zero attached hydrogens (tertiary/aromatic N) is 1. The number of nitrogens with two attached hydrogens (primary N) is 1. The Hall–Kier alpha value is -0.910. The Morgan fingerprint density at radius 3 is 2.26 bits per heavy atom. The molecule has 0 amide bonds. The van der Waals surface area contributed by atoms with Crippen molar-refractivity contribution in [2.45, 2.75) is 32.6 Å². The van der Waals surface area contributed by atoms with E-state index in [2.05, 4.69) is 0 Å². The fraction of sp³-hybridized carbons (Fsp3) is 0.571. The first-order chi connectivity index (χ1) is 8.60. The van der Waals surface area contributed by atoms with Gasteiger partial charge in [-0.2, -0.15) is 0 Å². The van der Waals surface area contributed by atoms with Crippen LogP contribution in [0.25, 0.3) is 0 Å². The summed E-state index contributed by atoms with van der Waals surface area (Å²) in [5, 5.41) is 0. The lowest BCUT2D eigenvalue weighted by Gasteiger charge is -2.28. The third-order valence-electron chi connectivity index (χ3n) is 3.39. The predicted octanol–water partition coefficient (Wildman–Crippen LogP) is 1.91. The quantitative estimate of drug-likeness (QED) is 0.898. The van der Waals surface area contributed by atoms with Gasteiger partial charge in [0, 0.05) is 13.6 Å². The summed E-state index contributed by atoms with van der Waals surface area (Å²) in [5.41, 5.74) is 7.49. The SMILES string of the molecule is Cc1ccc(S(=O)(=O)N(C)CC(C)(C)CN)cc1C. The van der Waals surface area contributed by atoms with Crippen molar-refractivity contribution in [1.82, 2.24) is 4.31 Å². The van der Waals surface area contributed by atoms with Gasteiger partial charge in [0.15, 0.2) is 0 Å². The van der Waals surface area contributed by atoms with Crippen LogP contribution in [-0.2, 0) is 10.0 Å². The zero-order valence-corrected chi connectivity index (χ0v) is 13.2. The Bertz CT molecular complexity index is 551. The highest BCUT2D eigenvalue weighted by atomic mass is 32.2. The van der Waals surface area contributed by atoms with E-state index in [0.717, 1.165) is 11.1 Å². The number of rotatable bonds is 5. The van der Waals surface area contributed by atoms with Crippen LogP contribution < -0.4 is 5.73 Å². The number of sulfonamides is 1. The molecule has 0 spiro atoms. The largest absolute Gasteiger partial charge is 0.330 e. The molecule has 0 aromatic heterocycles. The van der Waals surface area contributed by atoms with Gasteiger partial charge >= 0.3 is 0 Å². The average Bonchev–Trinajstić information content (AvgIpc) is 2.32. The highest BCUT2D eigenvalue weighted by Gasteiger charge is 2.27. The molecule has 0 unspecified atom stereocenters. The Kier molecular flexibility index (Phi) is 4.76. The van der Waals surface area contributed by atoms with Gasteiger partial charge < -0.3 is 5.73 Å². The molecule has 0 fully saturated rings. The third-order valence-corrected chi connectivity index (χ3v) is 5.19. The van der Waals surface area contributed by atoms with Crippen molar-refractivity contribution < 1.29 is 8.42 Å². The first kappa shape index (κ1) is 16.1. The molecule has 0 aliphatic carbocycles. The smallest absolute Gasteiger partial charge is 0.242 e. The molecule has 0 aliphatic heterocycles. The van der Waals surface area contributed by atoms with Gasteiger partial charge in [0.25, 0.3) is 0 Å². The maximum atomic E-state index is 12.5. The van der Waals surface area contributed by atoms with Crippen LogP contribution >= 0.6 is 0 Å². The molecule has 0 radical (unpaired) electrons. The number of benzene rings is 1. The molecule has 1 aromatic carbocycles. The Labute approximate surface area is 116 Å². The van der Waals surface area contributed by atoms with Gasteiger partial charge in [-0.25, -0.2) is 12.7 Å². The van der Waals surface area contributed by atoms with Crippen molar-refractivity contribution >= 4 is 10.0 Å². The van der Waals surface area contributed by atoms with Gasteiger partial charge in [-0.15, -0.1) is 0 Å². The van der Waals surface area contributed by atoms with E-state index >= 15 is 0 Å². The first-order valence-electron chi connectivity index (χ1n) is 6.34. The molecular weight excluding hydrogens is 260 g/mol. The first-order valence-corrected chi connectivity index (χ1v) is 7.78. The van der Waals surface area contributed by atoms with Gasteiger partial charge in [-0.05, 0) is 49.1 Å². The number of hydrogen-bond donors (Lipinski definition) is 1. The van der Waals surface area contributed by atoms with Crippen LogP contribution in [-0.4, -0.2) is 32.9 Å². The molecule has 1 rings (SSSR count). The normalized spacial score (nSPS) is 13.0. The summed E-state index contributed by atoms with van der Waals surface area (Å²) in [6, 6.07) is 5.21. The van der Waals surface area contributed by atoms with Crippen molar-refractivity contribution in [3.05, 3.63) is 29.3 Å². The zero-order valence-electron chi connectivity index (χ0n) is 12.4. The van der Waals surface area contributed by atoms with Gasteiger partial charge in [-0.1, -0.05) is 19.9 Å². The molecule has 2 N–H and O–H groups in total. The Morgan fingerprint density at radius 2 is 1.79 bits per heavy atom. The molecule has 0 saturated carbocycles. The fourth-order valence-corrected chi connectivity index (χ4v) is 3.25. The standard InChI is InChI=1S/C14H24N2O2S/c1-11-6-7-13(8-12(11)2)19(17,18)16(5)10-14(3,4)9-15/h6-8H,9-10,15H2,1-5H3. The van der Waals surface area contributed by atoms with Crippen LogP contribution in [0.2, 0.25) is 0 Å². The topological polar surface area (TPSA) is 63.4 Å². The highest BCUT2D eigenvalue weighted by Crippen LogP contribution is 2.22. The molecule has 0 bridgehead atoms. The molecule has 4 nitrogen and oxygen atoms in total. The lowest BCUT2D eigenvalue weighted by Crippen LogP contribution is -2.39. The van der Waals surface area contributed by atoms with Crippen LogP contribution in [0.3, 0.4) is 0 Å². The van der Waals surface area contributed by atoms with Crippen LogP contribution in [0.15, 0.2) is 23.1 Å². The summed E-state index contributed by atoms with van der Waals surface area (Å²) in [4.78, 5) is 0.339. The van der Waals surface area contributed by atoms with E-state index in [4.69, 9.17) is 5.73 Å². The predicted molar refractivity (Wildman–Crippen MR) is 78.6 cm³/mol. The van der Waals surface area contributed by atoms with Crippen molar-refractivity contribution in [1.29, 1.82) is 0 Å². The molecule has 1 aromatic rings. The second kappa shape index (κ2) is 5.61. The maximum absolute atomic E-state index is 12.5. The van der Waals surface area contributed by atoms with Gasteiger partial charge in [0.1, 0.15) is 0 Å². The van der Waals surface area contributed by atoms with Crippen molar-refractivity contribution in [3.63, 3.8) is 0 Å². The van der Waals surface area contributed by atoms with Gasteiger partial charge in [0.2, 0.25) is 10.0 Å². The molecule has 0 heterocycles. The van der Waals surface area contributed by atoms with Crippen molar-refractivity contribution in [3.8, 4) is 0 Å². The minimum Gasteiger partial charge on any atom is -0.330 e. The lowest BCUT2D eigenvalue weighted by atomic mass is 9.94. The Balaban J connectivity index is 3.06. The van der Waals surface area contributed by atoms with E-state index in [0.29, 0.717) is 18.0 Å². The van der Waals surface area contributed by atoms with Crippen molar-refractivity contribution in [2.24, 2.45) is 11.1 Å². The number of hydrogen-bond acceptors (Lipinski definition) is 3. The van der Waals surface area contributed by atoms with Crippen LogP contribution in [0.4, 0.5) is 0 Å². The van der Waals surface area contributed by atoms with E-state index < -0.39 is 10.0 Å². The average molecular weight is 284 g/mol. The van der Waals surface area contributed by atoms with E-state index in [1.807, 2.05) is 33.8 Å². The van der Waals surface area contributed by atoms with Gasteiger partial charge in [-0.3, -0.25) is 0 Å². The van der Waals surface area contributed by atoms with E-state index in [1.165, 1.54) is 4.31 Å². The molecule has 0 saturated heterocycles. The summed E-state index contributed by atoms with van der Waals surface area (Å²) < 4.78 is 26.3. The van der Waals surface area contributed by atoms with E-state index in [-0.39, 0.29) is 5.41 Å². The summed E-state index contributed by atoms with van der Waals surface area (Å²) >= 11 is 0. The Morgan fingerprint density at radius 1 is 1.21 bits per heavy atom. The molecule has 0 aliphatic rings. The summed E-state index contributed by atoms with van der Waals surface area (Å²) in [6.07, 6.45) is 0. The number of aryl methyl sites for hydroxylation is 2. The summed E-state index contributed by atoms with van der Waals surface area (Å²) in [7, 11) is -1.84. The zero-order chi connectivity index (χ0) is 14.8. The van der Waals surface area contributed by atoms with E-state index in [1.54, 1.807) is 19.2 Å². The fourth-order valence-electron chi connectivity index (χ4n) is 1.81. The molecule has 19 heavy (non-hydrogen) atoms. The van der Waals surface area contributed by atoms with Gasteiger partial charge in [0.05, 0.1) is 4.90 Å². The highest BCUT2D eigenvalue weighted by molar-refractivity contribution is 7.89. The summed E-state index contributed by atoms with van der Waals surface area (Å²) in [5.74, 6) is 0. The molecule has 5 heteroatoms. The van der Waals surface area contributed by atoms with Crippen molar-refractivity contribution in [2.75, 3.05) is 20.1 Å². The minimum absolute atomic E-state index is 0.235. The molecule has 108 valence electrons. The van der Waals surface area contributed by atoms with Crippen LogP contribution in [0.5, 0.6) is 0 Å². The van der Waals surface area contributed by atoms with E-state index in [9.17, 15) is 8.42 Å². The van der Waals surface area contributed by atoms with Crippen LogP contribution in [0.1, 0.15) is 25.0 Å². The third kappa shape index (κ3) is 3.78. The monoisotopic (exact) mass is 284 g/mol. The second-order valence-electron chi connectivity index (χ2n) is 5.88. The molecular formula is C14H24N2O2S.